The summed E-state index contributed by atoms with van der Waals surface area (Å²) in [6, 6.07) is 4.25. The third kappa shape index (κ3) is 1.87. The number of aromatic nitrogens is 1. The maximum atomic E-state index is 5.30. The van der Waals surface area contributed by atoms with Crippen LogP contribution >= 0.6 is 0 Å². The van der Waals surface area contributed by atoms with Crippen LogP contribution < -0.4 is 10.1 Å². The van der Waals surface area contributed by atoms with Crippen LogP contribution in [0, 0.1) is 0 Å². The van der Waals surface area contributed by atoms with Crippen LogP contribution in [0.4, 0.5) is 0 Å². The van der Waals surface area contributed by atoms with Crippen LogP contribution in [-0.2, 0) is 0 Å². The fraction of sp³-hybridized carbons (Fsp3) is 0.545. The lowest BCUT2D eigenvalue weighted by molar-refractivity contribution is 0.366. The van der Waals surface area contributed by atoms with Crippen molar-refractivity contribution in [1.82, 2.24) is 10.3 Å². The molecule has 1 aromatic rings. The van der Waals surface area contributed by atoms with Gasteiger partial charge in [0.05, 0.1) is 18.8 Å². The predicted octanol–water partition coefficient (Wildman–Crippen LogP) is 1.90. The first-order valence-electron chi connectivity index (χ1n) is 5.14. The number of hydrogen-bond donors (Lipinski definition) is 1. The van der Waals surface area contributed by atoms with Crippen LogP contribution in [0.3, 0.4) is 0 Å². The summed E-state index contributed by atoms with van der Waals surface area (Å²) in [6.45, 7) is 1.09. The van der Waals surface area contributed by atoms with E-state index in [0.29, 0.717) is 6.04 Å². The van der Waals surface area contributed by atoms with Crippen molar-refractivity contribution in [3.8, 4) is 5.75 Å². The van der Waals surface area contributed by atoms with Gasteiger partial charge in [0.1, 0.15) is 5.75 Å². The molecule has 1 N–H and O–H groups in total. The highest BCUT2D eigenvalue weighted by Crippen LogP contribution is 2.27. The first-order chi connectivity index (χ1) is 6.92. The van der Waals surface area contributed by atoms with Crippen molar-refractivity contribution in [2.45, 2.75) is 25.3 Å². The number of methoxy groups -OCH3 is 1. The van der Waals surface area contributed by atoms with Gasteiger partial charge in [-0.3, -0.25) is 4.98 Å². The molecule has 1 aromatic heterocycles. The van der Waals surface area contributed by atoms with Crippen molar-refractivity contribution < 1.29 is 4.74 Å². The zero-order valence-electron chi connectivity index (χ0n) is 8.49. The second kappa shape index (κ2) is 4.42. The molecule has 0 radical (unpaired) electrons. The van der Waals surface area contributed by atoms with Crippen LogP contribution in [0.15, 0.2) is 18.3 Å². The van der Waals surface area contributed by atoms with Gasteiger partial charge in [0.25, 0.3) is 0 Å². The summed E-state index contributed by atoms with van der Waals surface area (Å²) in [5.41, 5.74) is 1.05. The van der Waals surface area contributed by atoms with Crippen molar-refractivity contribution in [1.29, 1.82) is 0 Å². The largest absolute Gasteiger partial charge is 0.495 e. The minimum atomic E-state index is 0.375. The average Bonchev–Trinajstić information content (AvgIpc) is 2.30. The van der Waals surface area contributed by atoms with E-state index in [4.69, 9.17) is 4.74 Å². The first-order valence-corrected chi connectivity index (χ1v) is 5.14. The van der Waals surface area contributed by atoms with E-state index >= 15 is 0 Å². The molecular formula is C11H16N2O. The van der Waals surface area contributed by atoms with Crippen molar-refractivity contribution in [2.24, 2.45) is 0 Å². The highest BCUT2D eigenvalue weighted by molar-refractivity contribution is 5.29. The van der Waals surface area contributed by atoms with Crippen LogP contribution in [0.2, 0.25) is 0 Å². The molecule has 14 heavy (non-hydrogen) atoms. The second-order valence-electron chi connectivity index (χ2n) is 3.59. The summed E-state index contributed by atoms with van der Waals surface area (Å²) in [4.78, 5) is 4.39. The van der Waals surface area contributed by atoms with Gasteiger partial charge in [0.2, 0.25) is 0 Å². The highest BCUT2D eigenvalue weighted by atomic mass is 16.5. The molecule has 2 heterocycles. The van der Waals surface area contributed by atoms with Crippen LogP contribution in [0.5, 0.6) is 5.75 Å². The molecule has 3 heteroatoms. The Bertz CT molecular complexity index is 295. The lowest BCUT2D eigenvalue weighted by atomic mass is 10.0. The van der Waals surface area contributed by atoms with Gasteiger partial charge in [0, 0.05) is 6.20 Å². The Morgan fingerprint density at radius 3 is 3.14 bits per heavy atom. The maximum Gasteiger partial charge on any atom is 0.141 e. The van der Waals surface area contributed by atoms with Gasteiger partial charge in [-0.25, -0.2) is 0 Å². The molecule has 1 aliphatic rings. The zero-order chi connectivity index (χ0) is 9.80. The predicted molar refractivity (Wildman–Crippen MR) is 55.4 cm³/mol. The molecule has 0 amide bonds. The summed E-state index contributed by atoms with van der Waals surface area (Å²) < 4.78 is 5.30. The van der Waals surface area contributed by atoms with Gasteiger partial charge < -0.3 is 10.1 Å². The van der Waals surface area contributed by atoms with E-state index in [1.165, 1.54) is 12.8 Å². The van der Waals surface area contributed by atoms with E-state index < -0.39 is 0 Å². The molecule has 0 spiro atoms. The van der Waals surface area contributed by atoms with Gasteiger partial charge in [-0.15, -0.1) is 0 Å². The summed E-state index contributed by atoms with van der Waals surface area (Å²) in [5, 5.41) is 3.47. The molecular weight excluding hydrogens is 176 g/mol. The Balaban J connectivity index is 2.20. The number of pyridine rings is 1. The SMILES string of the molecule is COc1cccnc1[C@@H]1CCCCN1. The summed E-state index contributed by atoms with van der Waals surface area (Å²) in [5.74, 6) is 0.895. The molecule has 1 atom stereocenters. The highest BCUT2D eigenvalue weighted by Gasteiger charge is 2.18. The molecule has 0 aromatic carbocycles. The van der Waals surface area contributed by atoms with Crippen molar-refractivity contribution in [3.05, 3.63) is 24.0 Å². The lowest BCUT2D eigenvalue weighted by Crippen LogP contribution is -2.27. The summed E-state index contributed by atoms with van der Waals surface area (Å²) in [6.07, 6.45) is 5.53. The van der Waals surface area contributed by atoms with Crippen LogP contribution in [0.25, 0.3) is 0 Å². The summed E-state index contributed by atoms with van der Waals surface area (Å²) in [7, 11) is 1.70. The molecule has 76 valence electrons. The smallest absolute Gasteiger partial charge is 0.141 e. The van der Waals surface area contributed by atoms with E-state index in [1.807, 2.05) is 18.3 Å². The topological polar surface area (TPSA) is 34.1 Å². The van der Waals surface area contributed by atoms with E-state index in [2.05, 4.69) is 10.3 Å². The van der Waals surface area contributed by atoms with E-state index in [0.717, 1.165) is 24.4 Å². The molecule has 1 saturated heterocycles. The third-order valence-corrected chi connectivity index (χ3v) is 2.66. The second-order valence-corrected chi connectivity index (χ2v) is 3.59. The fourth-order valence-corrected chi connectivity index (χ4v) is 1.92. The van der Waals surface area contributed by atoms with Crippen molar-refractivity contribution in [2.75, 3.05) is 13.7 Å². The number of rotatable bonds is 2. The molecule has 3 nitrogen and oxygen atoms in total. The fourth-order valence-electron chi connectivity index (χ4n) is 1.92. The first kappa shape index (κ1) is 9.46. The van der Waals surface area contributed by atoms with Gasteiger partial charge >= 0.3 is 0 Å². The standard InChI is InChI=1S/C11H16N2O/c1-14-10-6-4-8-13-11(10)9-5-2-3-7-12-9/h4,6,8-9,12H,2-3,5,7H2,1H3/t9-/m0/s1. The Morgan fingerprint density at radius 1 is 1.50 bits per heavy atom. The van der Waals surface area contributed by atoms with Crippen molar-refractivity contribution in [3.63, 3.8) is 0 Å². The molecule has 0 aliphatic carbocycles. The maximum absolute atomic E-state index is 5.30. The van der Waals surface area contributed by atoms with Gasteiger partial charge in [-0.05, 0) is 31.5 Å². The number of piperidine rings is 1. The summed E-state index contributed by atoms with van der Waals surface area (Å²) >= 11 is 0. The third-order valence-electron chi connectivity index (χ3n) is 2.66. The molecule has 0 saturated carbocycles. The Hall–Kier alpha value is -1.09. The van der Waals surface area contributed by atoms with E-state index in [-0.39, 0.29) is 0 Å². The number of nitrogens with one attached hydrogen (secondary N) is 1. The molecule has 1 fully saturated rings. The Kier molecular flexibility index (Phi) is 2.99. The number of ether oxygens (including phenoxy) is 1. The van der Waals surface area contributed by atoms with Crippen LogP contribution in [0.1, 0.15) is 31.0 Å². The Labute approximate surface area is 84.5 Å². The van der Waals surface area contributed by atoms with Gasteiger partial charge in [0.15, 0.2) is 0 Å². The van der Waals surface area contributed by atoms with E-state index in [1.54, 1.807) is 7.11 Å². The average molecular weight is 192 g/mol. The normalized spacial score (nSPS) is 21.9. The molecule has 0 bridgehead atoms. The Morgan fingerprint density at radius 2 is 2.43 bits per heavy atom. The van der Waals surface area contributed by atoms with Gasteiger partial charge in [-0.2, -0.15) is 0 Å². The van der Waals surface area contributed by atoms with E-state index in [9.17, 15) is 0 Å². The minimum Gasteiger partial charge on any atom is -0.495 e. The zero-order valence-corrected chi connectivity index (χ0v) is 8.49. The van der Waals surface area contributed by atoms with Crippen molar-refractivity contribution >= 4 is 0 Å². The number of nitrogens with zero attached hydrogens (tertiary/aromatic N) is 1. The quantitative estimate of drug-likeness (QED) is 0.777. The van der Waals surface area contributed by atoms with Crippen LogP contribution in [-0.4, -0.2) is 18.6 Å². The minimum absolute atomic E-state index is 0.375. The molecule has 1 aliphatic heterocycles. The van der Waals surface area contributed by atoms with Gasteiger partial charge in [-0.1, -0.05) is 6.42 Å². The molecule has 0 unspecified atom stereocenters. The molecule has 2 rings (SSSR count). The monoisotopic (exact) mass is 192 g/mol. The number of hydrogen-bond acceptors (Lipinski definition) is 3. The lowest BCUT2D eigenvalue weighted by Gasteiger charge is -2.24.